The molecule has 0 aliphatic rings. The normalized spacial score (nSPS) is 12.3. The van der Waals surface area contributed by atoms with Crippen LogP contribution in [0.15, 0.2) is 12.2 Å². The van der Waals surface area contributed by atoms with Gasteiger partial charge in [-0.3, -0.25) is 0 Å². The minimum Gasteiger partial charge on any atom is -0.443 e. The SMILES string of the molecule is C=C(C)C(=O)OC(Cl)CCC. The van der Waals surface area contributed by atoms with Crippen molar-refractivity contribution in [2.75, 3.05) is 0 Å². The monoisotopic (exact) mass is 176 g/mol. The molecular weight excluding hydrogens is 164 g/mol. The maximum atomic E-state index is 10.8. The number of alkyl halides is 1. The Labute approximate surface area is 72.2 Å². The molecule has 0 heterocycles. The predicted molar refractivity (Wildman–Crippen MR) is 45.5 cm³/mol. The first kappa shape index (κ1) is 10.5. The number of ether oxygens (including phenoxy) is 1. The summed E-state index contributed by atoms with van der Waals surface area (Å²) < 4.78 is 4.78. The van der Waals surface area contributed by atoms with E-state index in [1.165, 1.54) is 0 Å². The Hall–Kier alpha value is -0.500. The summed E-state index contributed by atoms with van der Waals surface area (Å²) in [5, 5.41) is 0. The molecule has 2 nitrogen and oxygen atoms in total. The number of esters is 1. The smallest absolute Gasteiger partial charge is 0.334 e. The van der Waals surface area contributed by atoms with Crippen LogP contribution in [0.4, 0.5) is 0 Å². The van der Waals surface area contributed by atoms with Crippen LogP contribution in [0.5, 0.6) is 0 Å². The van der Waals surface area contributed by atoms with Crippen LogP contribution in [-0.4, -0.2) is 11.5 Å². The van der Waals surface area contributed by atoms with Gasteiger partial charge in [-0.25, -0.2) is 4.79 Å². The Morgan fingerprint density at radius 3 is 2.64 bits per heavy atom. The Morgan fingerprint density at radius 2 is 2.27 bits per heavy atom. The van der Waals surface area contributed by atoms with Gasteiger partial charge in [-0.15, -0.1) is 0 Å². The number of carbonyl (C=O) groups is 1. The van der Waals surface area contributed by atoms with Crippen LogP contribution in [0, 0.1) is 0 Å². The van der Waals surface area contributed by atoms with Crippen LogP contribution < -0.4 is 0 Å². The topological polar surface area (TPSA) is 26.3 Å². The fourth-order valence-corrected chi connectivity index (χ4v) is 0.802. The van der Waals surface area contributed by atoms with Gasteiger partial charge in [0.2, 0.25) is 0 Å². The molecule has 0 spiro atoms. The van der Waals surface area contributed by atoms with Crippen LogP contribution in [0.3, 0.4) is 0 Å². The minimum absolute atomic E-state index is 0.381. The van der Waals surface area contributed by atoms with Gasteiger partial charge in [0.1, 0.15) is 0 Å². The third kappa shape index (κ3) is 4.85. The summed E-state index contributed by atoms with van der Waals surface area (Å²) in [6, 6.07) is 0. The van der Waals surface area contributed by atoms with Crippen LogP contribution in [0.1, 0.15) is 26.7 Å². The molecule has 0 amide bonds. The lowest BCUT2D eigenvalue weighted by molar-refractivity contribution is -0.140. The predicted octanol–water partition coefficient (Wildman–Crippen LogP) is 2.47. The number of halogens is 1. The van der Waals surface area contributed by atoms with Gasteiger partial charge in [0.25, 0.3) is 0 Å². The summed E-state index contributed by atoms with van der Waals surface area (Å²) in [5.74, 6) is -0.418. The molecule has 1 unspecified atom stereocenters. The summed E-state index contributed by atoms with van der Waals surface area (Å²) in [6.45, 7) is 7.01. The van der Waals surface area contributed by atoms with Gasteiger partial charge < -0.3 is 4.74 Å². The molecule has 0 aromatic rings. The second-order valence-corrected chi connectivity index (χ2v) is 2.87. The molecule has 11 heavy (non-hydrogen) atoms. The van der Waals surface area contributed by atoms with Gasteiger partial charge in [0.05, 0.1) is 0 Å². The highest BCUT2D eigenvalue weighted by molar-refractivity contribution is 6.20. The van der Waals surface area contributed by atoms with Gasteiger partial charge in [-0.1, -0.05) is 31.5 Å². The second kappa shape index (κ2) is 5.19. The summed E-state index contributed by atoms with van der Waals surface area (Å²) >= 11 is 5.64. The van der Waals surface area contributed by atoms with Gasteiger partial charge in [0, 0.05) is 5.57 Å². The van der Waals surface area contributed by atoms with Gasteiger partial charge in [0.15, 0.2) is 5.56 Å². The fourth-order valence-electron chi connectivity index (χ4n) is 0.503. The van der Waals surface area contributed by atoms with Crippen LogP contribution in [-0.2, 0) is 9.53 Å². The highest BCUT2D eigenvalue weighted by atomic mass is 35.5. The zero-order chi connectivity index (χ0) is 8.85. The Bertz CT molecular complexity index is 154. The van der Waals surface area contributed by atoms with Crippen molar-refractivity contribution < 1.29 is 9.53 Å². The molecule has 0 aromatic heterocycles. The molecule has 0 saturated heterocycles. The Morgan fingerprint density at radius 1 is 1.73 bits per heavy atom. The first-order valence-electron chi connectivity index (χ1n) is 3.58. The van der Waals surface area contributed by atoms with E-state index < -0.39 is 11.5 Å². The van der Waals surface area contributed by atoms with E-state index in [4.69, 9.17) is 16.3 Å². The molecule has 64 valence electrons. The van der Waals surface area contributed by atoms with E-state index in [0.29, 0.717) is 12.0 Å². The molecule has 0 aliphatic heterocycles. The molecular formula is C8H13ClO2. The Kier molecular flexibility index (Phi) is 4.95. The zero-order valence-electron chi connectivity index (χ0n) is 6.89. The van der Waals surface area contributed by atoms with Gasteiger partial charge >= 0.3 is 5.97 Å². The molecule has 3 heteroatoms. The number of carbonyl (C=O) groups excluding carboxylic acids is 1. The van der Waals surface area contributed by atoms with Crippen LogP contribution >= 0.6 is 11.6 Å². The molecule has 0 bridgehead atoms. The number of hydrogen-bond acceptors (Lipinski definition) is 2. The molecule has 0 radical (unpaired) electrons. The quantitative estimate of drug-likeness (QED) is 0.374. The standard InChI is InChI=1S/C8H13ClO2/c1-4-5-7(9)11-8(10)6(2)3/h7H,2,4-5H2,1,3H3. The van der Waals surface area contributed by atoms with E-state index in [0.717, 1.165) is 6.42 Å². The van der Waals surface area contributed by atoms with E-state index in [1.54, 1.807) is 6.92 Å². The lowest BCUT2D eigenvalue weighted by Crippen LogP contribution is -2.12. The second-order valence-electron chi connectivity index (χ2n) is 2.38. The largest absolute Gasteiger partial charge is 0.443 e. The molecule has 0 aromatic carbocycles. The highest BCUT2D eigenvalue weighted by Crippen LogP contribution is 2.08. The maximum Gasteiger partial charge on any atom is 0.334 e. The fraction of sp³-hybridized carbons (Fsp3) is 0.625. The van der Waals surface area contributed by atoms with Crippen molar-refractivity contribution in [1.29, 1.82) is 0 Å². The number of rotatable bonds is 4. The van der Waals surface area contributed by atoms with Crippen LogP contribution in [0.25, 0.3) is 0 Å². The van der Waals surface area contributed by atoms with Crippen molar-refractivity contribution in [3.05, 3.63) is 12.2 Å². The van der Waals surface area contributed by atoms with E-state index in [2.05, 4.69) is 6.58 Å². The van der Waals surface area contributed by atoms with Crippen molar-refractivity contribution in [2.24, 2.45) is 0 Å². The first-order chi connectivity index (χ1) is 5.07. The van der Waals surface area contributed by atoms with Gasteiger partial charge in [-0.05, 0) is 13.3 Å². The van der Waals surface area contributed by atoms with Crippen molar-refractivity contribution in [3.8, 4) is 0 Å². The highest BCUT2D eigenvalue weighted by Gasteiger charge is 2.09. The minimum atomic E-state index is -0.510. The summed E-state index contributed by atoms with van der Waals surface area (Å²) in [4.78, 5) is 10.8. The summed E-state index contributed by atoms with van der Waals surface area (Å²) in [6.07, 6.45) is 1.58. The van der Waals surface area contributed by atoms with Crippen molar-refractivity contribution in [1.82, 2.24) is 0 Å². The van der Waals surface area contributed by atoms with Crippen molar-refractivity contribution in [2.45, 2.75) is 32.3 Å². The van der Waals surface area contributed by atoms with E-state index in [9.17, 15) is 4.79 Å². The van der Waals surface area contributed by atoms with Crippen molar-refractivity contribution >= 4 is 17.6 Å². The molecule has 1 atom stereocenters. The lowest BCUT2D eigenvalue weighted by Gasteiger charge is -2.08. The zero-order valence-corrected chi connectivity index (χ0v) is 7.65. The third-order valence-corrected chi connectivity index (χ3v) is 1.41. The Balaban J connectivity index is 3.66. The van der Waals surface area contributed by atoms with E-state index in [1.807, 2.05) is 6.92 Å². The van der Waals surface area contributed by atoms with E-state index >= 15 is 0 Å². The molecule has 0 saturated carbocycles. The molecule has 0 N–H and O–H groups in total. The number of hydrogen-bond donors (Lipinski definition) is 0. The van der Waals surface area contributed by atoms with Crippen molar-refractivity contribution in [3.63, 3.8) is 0 Å². The van der Waals surface area contributed by atoms with Crippen LogP contribution in [0.2, 0.25) is 0 Å². The average Bonchev–Trinajstić information content (AvgIpc) is 1.87. The van der Waals surface area contributed by atoms with E-state index in [-0.39, 0.29) is 0 Å². The lowest BCUT2D eigenvalue weighted by atomic mass is 10.3. The summed E-state index contributed by atoms with van der Waals surface area (Å²) in [7, 11) is 0. The molecule has 0 rings (SSSR count). The maximum absolute atomic E-state index is 10.8. The molecule has 0 fully saturated rings. The van der Waals surface area contributed by atoms with Gasteiger partial charge in [-0.2, -0.15) is 0 Å². The first-order valence-corrected chi connectivity index (χ1v) is 4.02. The summed E-state index contributed by atoms with van der Waals surface area (Å²) in [5.41, 5.74) is -0.129. The average molecular weight is 177 g/mol. The third-order valence-electron chi connectivity index (χ3n) is 1.10. The molecule has 0 aliphatic carbocycles.